The van der Waals surface area contributed by atoms with Crippen molar-refractivity contribution >= 4 is 32.9 Å². The van der Waals surface area contributed by atoms with Crippen LogP contribution >= 0.6 is 0 Å². The minimum absolute atomic E-state index is 0.0367. The van der Waals surface area contributed by atoms with Crippen LogP contribution < -0.4 is 9.80 Å². The summed E-state index contributed by atoms with van der Waals surface area (Å²) in [6, 6.07) is 9.90. The van der Waals surface area contributed by atoms with Gasteiger partial charge in [0, 0.05) is 68.4 Å². The number of hydrogen-bond acceptors (Lipinski definition) is 10. The minimum Gasteiger partial charge on any atom is -0.369 e. The van der Waals surface area contributed by atoms with Crippen LogP contribution in [0.15, 0.2) is 36.4 Å². The number of rotatable bonds is 9. The van der Waals surface area contributed by atoms with Crippen molar-refractivity contribution in [3.8, 4) is 0 Å². The fourth-order valence-corrected chi connectivity index (χ4v) is 4.56. The molecule has 0 aromatic heterocycles. The monoisotopic (exact) mass is 565 g/mol. The second kappa shape index (κ2) is 14.8. The van der Waals surface area contributed by atoms with Gasteiger partial charge in [-0.15, -0.1) is 0 Å². The molecule has 2 aliphatic rings. The molecular weight excluding hydrogens is 526 g/mol. The van der Waals surface area contributed by atoms with Gasteiger partial charge in [-0.3, -0.25) is 24.4 Å². The van der Waals surface area contributed by atoms with Gasteiger partial charge in [0.25, 0.3) is 21.5 Å². The van der Waals surface area contributed by atoms with Crippen molar-refractivity contribution in [2.24, 2.45) is 0 Å². The summed E-state index contributed by atoms with van der Waals surface area (Å²) in [6.07, 6.45) is 4.03. The molecule has 0 amide bonds. The predicted octanol–water partition coefficient (Wildman–Crippen LogP) is 3.87. The first kappa shape index (κ1) is 31.9. The summed E-state index contributed by atoms with van der Waals surface area (Å²) in [5.74, 6) is 0. The zero-order valence-electron chi connectivity index (χ0n) is 23.3. The molecule has 0 saturated heterocycles. The molecule has 0 radical (unpaired) electrons. The Bertz CT molecular complexity index is 1240. The van der Waals surface area contributed by atoms with E-state index in [1.54, 1.807) is 18.2 Å². The lowest BCUT2D eigenvalue weighted by molar-refractivity contribution is -0.385. The smallest absolute Gasteiger partial charge is 0.271 e. The summed E-state index contributed by atoms with van der Waals surface area (Å²) in [6.45, 7) is 8.24. The van der Waals surface area contributed by atoms with Crippen molar-refractivity contribution in [1.29, 1.82) is 0 Å². The summed E-state index contributed by atoms with van der Waals surface area (Å²) < 4.78 is 26.4. The van der Waals surface area contributed by atoms with E-state index in [9.17, 15) is 28.6 Å². The van der Waals surface area contributed by atoms with E-state index in [1.165, 1.54) is 24.1 Å². The zero-order valence-corrected chi connectivity index (χ0v) is 24.1. The predicted molar refractivity (Wildman–Crippen MR) is 153 cm³/mol. The fourth-order valence-electron chi connectivity index (χ4n) is 4.18. The molecule has 2 heterocycles. The van der Waals surface area contributed by atoms with Crippen molar-refractivity contribution in [2.75, 3.05) is 69.5 Å². The summed E-state index contributed by atoms with van der Waals surface area (Å²) in [4.78, 5) is 27.0. The van der Waals surface area contributed by atoms with Gasteiger partial charge in [0.1, 0.15) is 0 Å². The quantitative estimate of drug-likeness (QED) is 0.250. The molecule has 39 heavy (non-hydrogen) atoms. The van der Waals surface area contributed by atoms with E-state index in [0.717, 1.165) is 55.7 Å². The maximum absolute atomic E-state index is 10.9. The highest BCUT2D eigenvalue weighted by molar-refractivity contribution is 7.85. The van der Waals surface area contributed by atoms with E-state index in [2.05, 4.69) is 27.8 Å². The average Bonchev–Trinajstić information content (AvgIpc) is 3.46. The molecule has 0 fully saturated rings. The average molecular weight is 566 g/mol. The molecule has 12 nitrogen and oxygen atoms in total. The van der Waals surface area contributed by atoms with Crippen LogP contribution in [0.5, 0.6) is 0 Å². The van der Waals surface area contributed by atoms with Gasteiger partial charge in [-0.2, -0.15) is 8.42 Å². The van der Waals surface area contributed by atoms with E-state index in [0.29, 0.717) is 13.1 Å². The molecule has 0 spiro atoms. The molecule has 2 aliphatic heterocycles. The lowest BCUT2D eigenvalue weighted by Gasteiger charge is -2.21. The van der Waals surface area contributed by atoms with Crippen molar-refractivity contribution in [3.05, 3.63) is 67.8 Å². The number of benzene rings is 2. The van der Waals surface area contributed by atoms with Crippen LogP contribution in [0.3, 0.4) is 0 Å². The maximum atomic E-state index is 10.9. The molecule has 0 N–H and O–H groups in total. The van der Waals surface area contributed by atoms with Crippen molar-refractivity contribution in [3.63, 3.8) is 0 Å². The zero-order chi connectivity index (χ0) is 29.2. The number of non-ortho nitro benzene ring substituents is 2. The van der Waals surface area contributed by atoms with Crippen LogP contribution in [0.2, 0.25) is 0 Å². The maximum Gasteiger partial charge on any atom is 0.271 e. The Morgan fingerprint density at radius 2 is 1.31 bits per heavy atom. The number of nitro benzene ring substituents is 2. The lowest BCUT2D eigenvalue weighted by atomic mass is 10.1. The Balaban J connectivity index is 0.000000250. The van der Waals surface area contributed by atoms with Crippen molar-refractivity contribution in [1.82, 2.24) is 4.90 Å². The summed E-state index contributed by atoms with van der Waals surface area (Å²) in [5, 5.41) is 21.5. The molecule has 13 heteroatoms. The Morgan fingerprint density at radius 1 is 0.872 bits per heavy atom. The largest absolute Gasteiger partial charge is 0.369 e. The van der Waals surface area contributed by atoms with Crippen LogP contribution in [0, 0.1) is 20.2 Å². The Labute approximate surface area is 230 Å². The summed E-state index contributed by atoms with van der Waals surface area (Å²) in [7, 11) is 0.615. The van der Waals surface area contributed by atoms with Crippen LogP contribution in [0.4, 0.5) is 22.7 Å². The van der Waals surface area contributed by atoms with Crippen LogP contribution in [-0.4, -0.2) is 82.8 Å². The van der Waals surface area contributed by atoms with Crippen LogP contribution in [-0.2, 0) is 27.1 Å². The second-order valence-electron chi connectivity index (χ2n) is 9.65. The third-order valence-electron chi connectivity index (χ3n) is 6.02. The van der Waals surface area contributed by atoms with Gasteiger partial charge in [-0.05, 0) is 38.1 Å². The van der Waals surface area contributed by atoms with E-state index in [-0.39, 0.29) is 22.9 Å². The number of nitro groups is 2. The molecule has 0 saturated carbocycles. The van der Waals surface area contributed by atoms with Gasteiger partial charge in [0.2, 0.25) is 0 Å². The molecule has 2 aromatic carbocycles. The number of likely N-dealkylation sites (N-methyl/N-ethyl adjacent to an activating group) is 1. The molecule has 0 bridgehead atoms. The number of nitrogens with zero attached hydrogens (tertiary/aromatic N) is 5. The van der Waals surface area contributed by atoms with Crippen LogP contribution in [0.1, 0.15) is 31.4 Å². The molecular formula is C26H39N5O7S. The molecule has 4 rings (SSSR count). The van der Waals surface area contributed by atoms with E-state index in [4.69, 9.17) is 0 Å². The highest BCUT2D eigenvalue weighted by Crippen LogP contribution is 2.32. The topological polar surface area (TPSA) is 139 Å². The SMILES string of the molecule is CCC.CN(C)CCN1CCc2ccc([N+](=O)[O-])cc21.CS(=O)(=O)OCCN1CCc2ccc([N+](=O)[O-])cc21. The van der Waals surface area contributed by atoms with Gasteiger partial charge in [0.15, 0.2) is 0 Å². The third-order valence-corrected chi connectivity index (χ3v) is 6.61. The van der Waals surface area contributed by atoms with Crippen molar-refractivity contribution < 1.29 is 22.4 Å². The molecule has 216 valence electrons. The second-order valence-corrected chi connectivity index (χ2v) is 11.3. The first-order chi connectivity index (χ1) is 18.4. The number of fused-ring (bicyclic) bond motifs is 2. The lowest BCUT2D eigenvalue weighted by Crippen LogP contribution is -2.30. The number of anilines is 2. The van der Waals surface area contributed by atoms with Gasteiger partial charge in [0.05, 0.1) is 22.7 Å². The molecule has 0 unspecified atom stereocenters. The third kappa shape index (κ3) is 10.1. The van der Waals surface area contributed by atoms with Gasteiger partial charge in [-0.1, -0.05) is 32.4 Å². The Morgan fingerprint density at radius 3 is 1.69 bits per heavy atom. The molecule has 0 atom stereocenters. The summed E-state index contributed by atoms with van der Waals surface area (Å²) >= 11 is 0. The Kier molecular flexibility index (Phi) is 12.1. The van der Waals surface area contributed by atoms with Gasteiger partial charge < -0.3 is 14.7 Å². The summed E-state index contributed by atoms with van der Waals surface area (Å²) in [5.41, 5.74) is 4.28. The normalized spacial score (nSPS) is 13.7. The highest BCUT2D eigenvalue weighted by atomic mass is 32.2. The molecule has 2 aromatic rings. The van der Waals surface area contributed by atoms with E-state index in [1.807, 2.05) is 25.1 Å². The Hall–Kier alpha value is -3.29. The van der Waals surface area contributed by atoms with Gasteiger partial charge >= 0.3 is 0 Å². The molecule has 0 aliphatic carbocycles. The fraction of sp³-hybridized carbons (Fsp3) is 0.538. The first-order valence-electron chi connectivity index (χ1n) is 12.9. The van der Waals surface area contributed by atoms with Gasteiger partial charge in [-0.25, -0.2) is 0 Å². The van der Waals surface area contributed by atoms with Crippen LogP contribution in [0.25, 0.3) is 0 Å². The van der Waals surface area contributed by atoms with E-state index < -0.39 is 15.0 Å². The van der Waals surface area contributed by atoms with E-state index >= 15 is 0 Å². The minimum atomic E-state index is -3.45. The number of hydrogen-bond donors (Lipinski definition) is 0. The standard InChI is InChI=1S/C12H17N3O2.C11H14N2O5S.C3H8/c1-13(2)7-8-14-6-5-10-3-4-11(15(16)17)9-12(10)14;1-19(16,17)18-7-6-12-5-4-9-2-3-10(13(14)15)8-11(9)12;1-3-2/h3-4,9H,5-8H2,1-2H3;2-3,8H,4-7H2,1H3;3H2,1-2H3. The van der Waals surface area contributed by atoms with Crippen molar-refractivity contribution in [2.45, 2.75) is 33.1 Å². The highest BCUT2D eigenvalue weighted by Gasteiger charge is 2.23. The first-order valence-corrected chi connectivity index (χ1v) is 14.7.